The minimum atomic E-state index is -0.563. The number of aryl methyl sites for hydroxylation is 1. The number of carbonyl (C=O) groups excluding carboxylic acids is 1. The van der Waals surface area contributed by atoms with Gasteiger partial charge in [0, 0.05) is 21.1 Å². The molecule has 3 nitrogen and oxygen atoms in total. The Balaban J connectivity index is 1.76. The van der Waals surface area contributed by atoms with Gasteiger partial charge in [0.1, 0.15) is 5.82 Å². The fourth-order valence-electron chi connectivity index (χ4n) is 2.09. The second kappa shape index (κ2) is 6.60. The van der Waals surface area contributed by atoms with Gasteiger partial charge in [-0.2, -0.15) is 0 Å². The monoisotopic (exact) mass is 390 g/mol. The maximum atomic E-state index is 13.8. The summed E-state index contributed by atoms with van der Waals surface area (Å²) in [6.45, 7) is 1.95. The van der Waals surface area contributed by atoms with Crippen LogP contribution in [0.15, 0.2) is 52.3 Å². The van der Waals surface area contributed by atoms with Gasteiger partial charge < -0.3 is 5.32 Å². The van der Waals surface area contributed by atoms with E-state index in [2.05, 4.69) is 26.2 Å². The fraction of sp³-hybridized carbons (Fsp3) is 0.0588. The number of halogens is 2. The number of nitrogens with one attached hydrogen (secondary N) is 1. The summed E-state index contributed by atoms with van der Waals surface area (Å²) in [5.41, 5.74) is 2.49. The number of nitrogens with zero attached hydrogens (tertiary/aromatic N) is 1. The lowest BCUT2D eigenvalue weighted by Gasteiger charge is -2.07. The lowest BCUT2D eigenvalue weighted by atomic mass is 10.1. The van der Waals surface area contributed by atoms with E-state index in [1.165, 1.54) is 12.1 Å². The molecule has 0 radical (unpaired) electrons. The zero-order valence-corrected chi connectivity index (χ0v) is 14.5. The van der Waals surface area contributed by atoms with Gasteiger partial charge in [0.05, 0.1) is 16.3 Å². The summed E-state index contributed by atoms with van der Waals surface area (Å²) in [5.74, 6) is -1.04. The van der Waals surface area contributed by atoms with Crippen LogP contribution in [-0.2, 0) is 0 Å². The van der Waals surface area contributed by atoms with Crippen LogP contribution in [0, 0.1) is 12.7 Å². The molecule has 3 rings (SSSR count). The highest BCUT2D eigenvalue weighted by atomic mass is 79.9. The molecule has 0 saturated heterocycles. The van der Waals surface area contributed by atoms with Gasteiger partial charge in [0.25, 0.3) is 5.91 Å². The van der Waals surface area contributed by atoms with E-state index in [-0.39, 0.29) is 5.56 Å². The van der Waals surface area contributed by atoms with Crippen molar-refractivity contribution in [3.8, 4) is 11.3 Å². The Morgan fingerprint density at radius 1 is 1.22 bits per heavy atom. The van der Waals surface area contributed by atoms with Crippen molar-refractivity contribution in [1.29, 1.82) is 0 Å². The molecule has 1 N–H and O–H groups in total. The molecule has 0 aliphatic heterocycles. The Morgan fingerprint density at radius 2 is 1.96 bits per heavy atom. The van der Waals surface area contributed by atoms with Gasteiger partial charge >= 0.3 is 0 Å². The molecule has 0 fully saturated rings. The van der Waals surface area contributed by atoms with Gasteiger partial charge in [-0.1, -0.05) is 28.1 Å². The van der Waals surface area contributed by atoms with E-state index < -0.39 is 11.7 Å². The third kappa shape index (κ3) is 3.65. The van der Waals surface area contributed by atoms with Crippen LogP contribution in [0.5, 0.6) is 0 Å². The highest BCUT2D eigenvalue weighted by Crippen LogP contribution is 2.23. The molecule has 1 amide bonds. The molecule has 0 bridgehead atoms. The zero-order chi connectivity index (χ0) is 16.4. The van der Waals surface area contributed by atoms with E-state index in [0.717, 1.165) is 16.3 Å². The molecule has 0 unspecified atom stereocenters. The lowest BCUT2D eigenvalue weighted by Crippen LogP contribution is -2.13. The van der Waals surface area contributed by atoms with Gasteiger partial charge in [-0.05, 0) is 37.3 Å². The predicted octanol–water partition coefficient (Wildman–Crippen LogP) is 5.27. The first-order valence-electron chi connectivity index (χ1n) is 6.82. The summed E-state index contributed by atoms with van der Waals surface area (Å²) in [6, 6.07) is 11.6. The Bertz CT molecular complexity index is 861. The van der Waals surface area contributed by atoms with Crippen molar-refractivity contribution < 1.29 is 9.18 Å². The topological polar surface area (TPSA) is 42.0 Å². The highest BCUT2D eigenvalue weighted by Gasteiger charge is 2.12. The normalized spacial score (nSPS) is 10.6. The first-order chi connectivity index (χ1) is 11.0. The molecule has 0 atom stereocenters. The summed E-state index contributed by atoms with van der Waals surface area (Å²) in [4.78, 5) is 16.5. The lowest BCUT2D eigenvalue weighted by molar-refractivity contribution is 0.102. The van der Waals surface area contributed by atoms with Gasteiger partial charge in [-0.3, -0.25) is 4.79 Å². The van der Waals surface area contributed by atoms with Crippen LogP contribution in [0.4, 0.5) is 10.1 Å². The molecule has 0 saturated carbocycles. The number of thiazole rings is 1. The molecular weight excluding hydrogens is 379 g/mol. The van der Waals surface area contributed by atoms with Crippen LogP contribution < -0.4 is 5.32 Å². The van der Waals surface area contributed by atoms with Gasteiger partial charge in [0.15, 0.2) is 0 Å². The maximum absolute atomic E-state index is 13.8. The minimum absolute atomic E-state index is 0.00685. The smallest absolute Gasteiger partial charge is 0.258 e. The quantitative estimate of drug-likeness (QED) is 0.661. The summed E-state index contributed by atoms with van der Waals surface area (Å²) in [7, 11) is 0. The Hall–Kier alpha value is -2.05. The van der Waals surface area contributed by atoms with Crippen molar-refractivity contribution in [1.82, 2.24) is 4.98 Å². The number of anilines is 1. The van der Waals surface area contributed by atoms with Crippen molar-refractivity contribution in [2.24, 2.45) is 0 Å². The molecule has 1 aromatic heterocycles. The Kier molecular flexibility index (Phi) is 4.54. The molecule has 1 heterocycles. The average molecular weight is 391 g/mol. The number of amides is 1. The van der Waals surface area contributed by atoms with Gasteiger partial charge in [-0.25, -0.2) is 9.37 Å². The SMILES string of the molecule is Cc1nc(-c2ccc(NC(=O)c3ccc(Br)cc3F)cc2)cs1. The van der Waals surface area contributed by atoms with Crippen LogP contribution in [0.2, 0.25) is 0 Å². The molecular formula is C17H12BrFN2OS. The molecule has 0 aliphatic rings. The third-order valence-electron chi connectivity index (χ3n) is 3.23. The number of benzene rings is 2. The van der Waals surface area contributed by atoms with E-state index in [1.54, 1.807) is 29.5 Å². The van der Waals surface area contributed by atoms with Crippen LogP contribution in [0.1, 0.15) is 15.4 Å². The Labute approximate surface area is 145 Å². The van der Waals surface area contributed by atoms with Crippen molar-refractivity contribution in [3.05, 3.63) is 68.7 Å². The first-order valence-corrected chi connectivity index (χ1v) is 8.49. The Morgan fingerprint density at radius 3 is 2.57 bits per heavy atom. The molecule has 3 aromatic rings. The zero-order valence-electron chi connectivity index (χ0n) is 12.1. The highest BCUT2D eigenvalue weighted by molar-refractivity contribution is 9.10. The fourth-order valence-corrected chi connectivity index (χ4v) is 3.05. The molecule has 0 aliphatic carbocycles. The summed E-state index contributed by atoms with van der Waals surface area (Å²) >= 11 is 4.76. The number of aromatic nitrogens is 1. The van der Waals surface area contributed by atoms with Crippen molar-refractivity contribution in [2.75, 3.05) is 5.32 Å². The molecule has 6 heteroatoms. The number of rotatable bonds is 3. The van der Waals surface area contributed by atoms with Crippen LogP contribution in [0.25, 0.3) is 11.3 Å². The predicted molar refractivity (Wildman–Crippen MR) is 94.3 cm³/mol. The van der Waals surface area contributed by atoms with Crippen LogP contribution in [-0.4, -0.2) is 10.9 Å². The standard InChI is InChI=1S/C17H12BrFN2OS/c1-10-20-16(9-23-10)11-2-5-13(6-3-11)21-17(22)14-7-4-12(18)8-15(14)19/h2-9H,1H3,(H,21,22). The molecule has 0 spiro atoms. The average Bonchev–Trinajstić information content (AvgIpc) is 2.94. The molecule has 116 valence electrons. The van der Waals surface area contributed by atoms with Crippen LogP contribution >= 0.6 is 27.3 Å². The summed E-state index contributed by atoms with van der Waals surface area (Å²) in [5, 5.41) is 5.68. The van der Waals surface area contributed by atoms with Crippen molar-refractivity contribution in [2.45, 2.75) is 6.92 Å². The van der Waals surface area contributed by atoms with E-state index in [1.807, 2.05) is 24.4 Å². The van der Waals surface area contributed by atoms with Crippen LogP contribution in [0.3, 0.4) is 0 Å². The number of hydrogen-bond donors (Lipinski definition) is 1. The maximum Gasteiger partial charge on any atom is 0.258 e. The summed E-state index contributed by atoms with van der Waals surface area (Å²) < 4.78 is 14.4. The molecule has 2 aromatic carbocycles. The van der Waals surface area contributed by atoms with E-state index in [4.69, 9.17) is 0 Å². The van der Waals surface area contributed by atoms with Gasteiger partial charge in [-0.15, -0.1) is 11.3 Å². The van der Waals surface area contributed by atoms with E-state index in [0.29, 0.717) is 10.2 Å². The second-order valence-corrected chi connectivity index (χ2v) is 6.89. The third-order valence-corrected chi connectivity index (χ3v) is 4.50. The second-order valence-electron chi connectivity index (χ2n) is 4.91. The number of carbonyl (C=O) groups is 1. The minimum Gasteiger partial charge on any atom is -0.322 e. The van der Waals surface area contributed by atoms with Gasteiger partial charge in [0.2, 0.25) is 0 Å². The van der Waals surface area contributed by atoms with Crippen molar-refractivity contribution >= 4 is 38.9 Å². The summed E-state index contributed by atoms with van der Waals surface area (Å²) in [6.07, 6.45) is 0. The largest absolute Gasteiger partial charge is 0.322 e. The van der Waals surface area contributed by atoms with Crippen molar-refractivity contribution in [3.63, 3.8) is 0 Å². The van der Waals surface area contributed by atoms with E-state index in [9.17, 15) is 9.18 Å². The van der Waals surface area contributed by atoms with E-state index >= 15 is 0 Å². The number of hydrogen-bond acceptors (Lipinski definition) is 3. The molecule has 23 heavy (non-hydrogen) atoms. The first kappa shape index (κ1) is 15.8.